The Morgan fingerprint density at radius 2 is 2.00 bits per heavy atom. The summed E-state index contributed by atoms with van der Waals surface area (Å²) in [5.41, 5.74) is 1.41. The number of nitrogens with zero attached hydrogens (tertiary/aromatic N) is 1. The lowest BCUT2D eigenvalue weighted by Crippen LogP contribution is -2.32. The third kappa shape index (κ3) is 3.82. The van der Waals surface area contributed by atoms with Crippen molar-refractivity contribution in [3.8, 4) is 0 Å². The Labute approximate surface area is 132 Å². The van der Waals surface area contributed by atoms with Crippen molar-refractivity contribution in [3.05, 3.63) is 35.9 Å². The highest BCUT2D eigenvalue weighted by molar-refractivity contribution is 8.14. The number of amidine groups is 1. The summed E-state index contributed by atoms with van der Waals surface area (Å²) in [6.07, 6.45) is 5.08. The normalized spacial score (nSPS) is 34.9. The van der Waals surface area contributed by atoms with Gasteiger partial charge in [0.1, 0.15) is 0 Å². The maximum Gasteiger partial charge on any atom is 0.157 e. The van der Waals surface area contributed by atoms with Crippen LogP contribution in [0.4, 0.5) is 0 Å². The number of hydrogen-bond donors (Lipinski definition) is 1. The van der Waals surface area contributed by atoms with Gasteiger partial charge in [0.25, 0.3) is 0 Å². The average molecular weight is 302 g/mol. The maximum atomic E-state index is 5.03. The van der Waals surface area contributed by atoms with Gasteiger partial charge in [-0.25, -0.2) is 0 Å². The smallest absolute Gasteiger partial charge is 0.157 e. The lowest BCUT2D eigenvalue weighted by Gasteiger charge is -2.31. The van der Waals surface area contributed by atoms with Crippen LogP contribution < -0.4 is 5.32 Å². The zero-order chi connectivity index (χ0) is 14.7. The van der Waals surface area contributed by atoms with E-state index >= 15 is 0 Å². The Balaban J connectivity index is 1.57. The molecule has 1 aliphatic carbocycles. The van der Waals surface area contributed by atoms with Crippen LogP contribution in [0.25, 0.3) is 0 Å². The third-order valence-electron chi connectivity index (χ3n) is 5.02. The number of rotatable bonds is 3. The molecule has 1 aliphatic heterocycles. The fraction of sp³-hybridized carbons (Fsp3) is 0.611. The lowest BCUT2D eigenvalue weighted by atomic mass is 9.78. The van der Waals surface area contributed by atoms with Crippen molar-refractivity contribution in [2.45, 2.75) is 51.6 Å². The molecule has 4 atom stereocenters. The van der Waals surface area contributed by atoms with Gasteiger partial charge < -0.3 is 5.32 Å². The Bertz CT molecular complexity index is 485. The minimum Gasteiger partial charge on any atom is -0.361 e. The molecule has 0 spiro atoms. The molecule has 0 amide bonds. The molecule has 2 nitrogen and oxygen atoms in total. The van der Waals surface area contributed by atoms with E-state index in [-0.39, 0.29) is 0 Å². The second-order valence-corrected chi connectivity index (χ2v) is 7.62. The fourth-order valence-corrected chi connectivity index (χ4v) is 4.43. The van der Waals surface area contributed by atoms with Crippen molar-refractivity contribution < 1.29 is 0 Å². The Morgan fingerprint density at radius 1 is 1.19 bits per heavy atom. The summed E-state index contributed by atoms with van der Waals surface area (Å²) in [6, 6.07) is 11.8. The molecular weight excluding hydrogens is 276 g/mol. The number of nitrogens with one attached hydrogen (secondary N) is 1. The molecule has 2 aliphatic rings. The molecule has 1 N–H and O–H groups in total. The Kier molecular flexibility index (Phi) is 4.89. The van der Waals surface area contributed by atoms with Gasteiger partial charge in [-0.05, 0) is 30.2 Å². The van der Waals surface area contributed by atoms with E-state index in [2.05, 4.69) is 49.5 Å². The Morgan fingerprint density at radius 3 is 2.81 bits per heavy atom. The number of hydrogen-bond acceptors (Lipinski definition) is 2. The predicted molar refractivity (Wildman–Crippen MR) is 92.9 cm³/mol. The first kappa shape index (κ1) is 15.0. The maximum absolute atomic E-state index is 5.03. The molecule has 2 fully saturated rings. The molecule has 1 saturated heterocycles. The largest absolute Gasteiger partial charge is 0.361 e. The zero-order valence-corrected chi connectivity index (χ0v) is 13.9. The van der Waals surface area contributed by atoms with Crippen molar-refractivity contribution in [2.75, 3.05) is 5.75 Å². The summed E-state index contributed by atoms with van der Waals surface area (Å²) in [7, 11) is 0. The summed E-state index contributed by atoms with van der Waals surface area (Å²) in [6.45, 7) is 4.75. The van der Waals surface area contributed by atoms with Crippen molar-refractivity contribution in [1.82, 2.24) is 5.32 Å². The van der Waals surface area contributed by atoms with Crippen LogP contribution in [0.2, 0.25) is 0 Å². The van der Waals surface area contributed by atoms with Gasteiger partial charge >= 0.3 is 0 Å². The van der Waals surface area contributed by atoms with Crippen molar-refractivity contribution in [1.29, 1.82) is 0 Å². The standard InChI is InChI=1S/C18H26N2S/c1-13-7-6-10-17(14(13)2)20-18-19-16(12-21-18)11-15-8-4-3-5-9-15/h3-5,8-9,13-14,16-17H,6-7,10-12H2,1-2H3,(H,19,20). The van der Waals surface area contributed by atoms with E-state index in [1.165, 1.54) is 30.0 Å². The molecule has 1 saturated carbocycles. The van der Waals surface area contributed by atoms with E-state index < -0.39 is 0 Å². The molecule has 4 unspecified atom stereocenters. The topological polar surface area (TPSA) is 24.4 Å². The van der Waals surface area contributed by atoms with Crippen LogP contribution in [0.3, 0.4) is 0 Å². The van der Waals surface area contributed by atoms with Crippen molar-refractivity contribution in [3.63, 3.8) is 0 Å². The SMILES string of the molecule is CC1CCCC(N=C2NC(Cc3ccccc3)CS2)C1C. The number of benzene rings is 1. The molecule has 21 heavy (non-hydrogen) atoms. The molecular formula is C18H26N2S. The molecule has 0 bridgehead atoms. The monoisotopic (exact) mass is 302 g/mol. The molecule has 0 radical (unpaired) electrons. The molecule has 3 heteroatoms. The summed E-state index contributed by atoms with van der Waals surface area (Å²) >= 11 is 1.91. The first-order valence-electron chi connectivity index (χ1n) is 8.23. The van der Waals surface area contributed by atoms with Gasteiger partial charge in [-0.3, -0.25) is 4.99 Å². The van der Waals surface area contributed by atoms with E-state index in [0.717, 1.165) is 24.0 Å². The van der Waals surface area contributed by atoms with E-state index in [1.54, 1.807) is 0 Å². The third-order valence-corrected chi connectivity index (χ3v) is 6.09. The highest BCUT2D eigenvalue weighted by Gasteiger charge is 2.28. The van der Waals surface area contributed by atoms with Crippen LogP contribution in [-0.2, 0) is 6.42 Å². The quantitative estimate of drug-likeness (QED) is 0.908. The van der Waals surface area contributed by atoms with Gasteiger partial charge in [0, 0.05) is 11.8 Å². The summed E-state index contributed by atoms with van der Waals surface area (Å²) in [5.74, 6) is 2.69. The molecule has 1 aromatic rings. The lowest BCUT2D eigenvalue weighted by molar-refractivity contribution is 0.241. The summed E-state index contributed by atoms with van der Waals surface area (Å²) < 4.78 is 0. The van der Waals surface area contributed by atoms with Crippen LogP contribution in [-0.4, -0.2) is 23.0 Å². The second-order valence-electron chi connectivity index (χ2n) is 6.61. The number of aliphatic imine (C=N–C) groups is 1. The van der Waals surface area contributed by atoms with Crippen LogP contribution in [0.5, 0.6) is 0 Å². The van der Waals surface area contributed by atoms with Crippen LogP contribution in [0, 0.1) is 11.8 Å². The average Bonchev–Trinajstić information content (AvgIpc) is 2.92. The number of thioether (sulfide) groups is 1. The molecule has 1 aromatic carbocycles. The Hall–Kier alpha value is -0.960. The molecule has 114 valence electrons. The van der Waals surface area contributed by atoms with Gasteiger partial charge in [-0.15, -0.1) is 0 Å². The van der Waals surface area contributed by atoms with Gasteiger partial charge in [0.15, 0.2) is 5.17 Å². The van der Waals surface area contributed by atoms with Crippen molar-refractivity contribution >= 4 is 16.9 Å². The van der Waals surface area contributed by atoms with E-state index in [9.17, 15) is 0 Å². The molecule has 0 aromatic heterocycles. The van der Waals surface area contributed by atoms with Gasteiger partial charge in [-0.2, -0.15) is 0 Å². The highest BCUT2D eigenvalue weighted by atomic mass is 32.2. The van der Waals surface area contributed by atoms with Crippen LogP contribution in [0.1, 0.15) is 38.7 Å². The fourth-order valence-electron chi connectivity index (χ4n) is 3.41. The van der Waals surface area contributed by atoms with Gasteiger partial charge in [0.05, 0.1) is 6.04 Å². The molecule has 1 heterocycles. The van der Waals surface area contributed by atoms with Crippen LogP contribution in [0.15, 0.2) is 35.3 Å². The van der Waals surface area contributed by atoms with Gasteiger partial charge in [-0.1, -0.05) is 68.8 Å². The van der Waals surface area contributed by atoms with E-state index in [0.29, 0.717) is 12.1 Å². The zero-order valence-electron chi connectivity index (χ0n) is 13.1. The van der Waals surface area contributed by atoms with Crippen LogP contribution >= 0.6 is 11.8 Å². The summed E-state index contributed by atoms with van der Waals surface area (Å²) in [5, 5.41) is 4.82. The summed E-state index contributed by atoms with van der Waals surface area (Å²) in [4.78, 5) is 5.03. The van der Waals surface area contributed by atoms with Crippen molar-refractivity contribution in [2.24, 2.45) is 16.8 Å². The minimum absolute atomic E-state index is 0.527. The highest BCUT2D eigenvalue weighted by Crippen LogP contribution is 2.32. The predicted octanol–water partition coefficient (Wildman–Crippen LogP) is 4.11. The first-order valence-corrected chi connectivity index (χ1v) is 9.22. The second kappa shape index (κ2) is 6.87. The van der Waals surface area contributed by atoms with E-state index in [1.807, 2.05) is 11.8 Å². The first-order chi connectivity index (χ1) is 10.2. The minimum atomic E-state index is 0.527. The molecule has 3 rings (SSSR count). The van der Waals surface area contributed by atoms with Gasteiger partial charge in [0.2, 0.25) is 0 Å². The van der Waals surface area contributed by atoms with E-state index in [4.69, 9.17) is 4.99 Å².